The van der Waals surface area contributed by atoms with Crippen molar-refractivity contribution >= 4 is 16.8 Å². The van der Waals surface area contributed by atoms with Gasteiger partial charge in [-0.3, -0.25) is 4.98 Å². The number of para-hydroxylation sites is 1. The number of benzene rings is 2. The highest BCUT2D eigenvalue weighted by Crippen LogP contribution is 2.44. The van der Waals surface area contributed by atoms with Gasteiger partial charge in [-0.15, -0.1) is 0 Å². The van der Waals surface area contributed by atoms with Crippen LogP contribution in [0.15, 0.2) is 91.3 Å². The molecule has 1 fully saturated rings. The molecule has 5 rings (SSSR count). The van der Waals surface area contributed by atoms with Crippen LogP contribution in [-0.4, -0.2) is 17.3 Å². The van der Waals surface area contributed by atoms with Crippen molar-refractivity contribution in [2.45, 2.75) is 12.3 Å². The maximum absolute atomic E-state index is 9.58. The Bertz CT molecular complexity index is 1110. The number of nitrogens with zero attached hydrogens (tertiary/aromatic N) is 3. The Morgan fingerprint density at radius 1 is 0.929 bits per heavy atom. The molecule has 0 spiro atoms. The second-order valence-corrected chi connectivity index (χ2v) is 6.75. The van der Waals surface area contributed by atoms with Gasteiger partial charge in [-0.05, 0) is 47.5 Å². The number of allylic oxidation sites excluding steroid dienone is 2. The van der Waals surface area contributed by atoms with E-state index >= 15 is 0 Å². The van der Waals surface area contributed by atoms with Crippen LogP contribution in [0.5, 0.6) is 0 Å². The molecule has 2 unspecified atom stereocenters. The lowest BCUT2D eigenvalue weighted by Crippen LogP contribution is -2.21. The Morgan fingerprint density at radius 2 is 1.71 bits per heavy atom. The minimum atomic E-state index is -0.0957. The second-order valence-electron chi connectivity index (χ2n) is 6.75. The zero-order valence-electron chi connectivity index (χ0n) is 15.1. The van der Waals surface area contributed by atoms with E-state index in [2.05, 4.69) is 40.4 Å². The molecule has 2 atom stereocenters. The fourth-order valence-corrected chi connectivity index (χ4v) is 3.61. The van der Waals surface area contributed by atoms with Gasteiger partial charge in [0.25, 0.3) is 0 Å². The number of hydrogen-bond donors (Lipinski definition) is 0. The highest BCUT2D eigenvalue weighted by atomic mass is 16.6. The van der Waals surface area contributed by atoms with Crippen molar-refractivity contribution in [3.05, 3.63) is 108 Å². The number of ether oxygens (including phenoxy) is 1. The second kappa shape index (κ2) is 6.80. The molecule has 0 aliphatic carbocycles. The lowest BCUT2D eigenvalue weighted by atomic mass is 9.95. The third-order valence-electron chi connectivity index (χ3n) is 5.01. The van der Waals surface area contributed by atoms with Gasteiger partial charge in [-0.25, -0.2) is 0 Å². The van der Waals surface area contributed by atoms with Crippen molar-refractivity contribution in [1.82, 2.24) is 4.98 Å². The quantitative estimate of drug-likeness (QED) is 0.637. The molecule has 2 aliphatic heterocycles. The van der Waals surface area contributed by atoms with Crippen molar-refractivity contribution in [2.75, 3.05) is 4.90 Å². The van der Waals surface area contributed by atoms with E-state index in [4.69, 9.17) is 4.74 Å². The van der Waals surface area contributed by atoms with E-state index < -0.39 is 0 Å². The molecule has 0 N–H and O–H groups in total. The molecule has 134 valence electrons. The molecule has 1 saturated heterocycles. The fourth-order valence-electron chi connectivity index (χ4n) is 3.61. The first kappa shape index (κ1) is 16.5. The molecule has 3 aromatic rings. The minimum absolute atomic E-state index is 0.0906. The van der Waals surface area contributed by atoms with Crippen LogP contribution in [0.25, 0.3) is 11.1 Å². The number of pyridine rings is 1. The van der Waals surface area contributed by atoms with E-state index in [0.717, 1.165) is 28.1 Å². The summed E-state index contributed by atoms with van der Waals surface area (Å²) in [6, 6.07) is 26.0. The molecular weight excluding hydrogens is 346 g/mol. The highest BCUT2D eigenvalue weighted by Gasteiger charge is 2.48. The molecule has 0 amide bonds. The zero-order chi connectivity index (χ0) is 18.9. The van der Waals surface area contributed by atoms with Crippen LogP contribution in [0.2, 0.25) is 0 Å². The summed E-state index contributed by atoms with van der Waals surface area (Å²) in [5.41, 5.74) is 5.51. The molecule has 4 heteroatoms. The topological polar surface area (TPSA) is 52.5 Å². The SMILES string of the molecule is N#Cc1ccccc1C1=CC(c2ccccn2)=CN(c2ccccc2)C2OC12. The minimum Gasteiger partial charge on any atom is -0.342 e. The van der Waals surface area contributed by atoms with Crippen LogP contribution < -0.4 is 4.90 Å². The van der Waals surface area contributed by atoms with Gasteiger partial charge in [0.1, 0.15) is 6.10 Å². The normalized spacial score (nSPS) is 20.3. The van der Waals surface area contributed by atoms with Gasteiger partial charge in [0.05, 0.1) is 17.3 Å². The Labute approximate surface area is 163 Å². The van der Waals surface area contributed by atoms with E-state index in [-0.39, 0.29) is 12.3 Å². The summed E-state index contributed by atoms with van der Waals surface area (Å²) in [4.78, 5) is 6.68. The summed E-state index contributed by atoms with van der Waals surface area (Å²) in [5, 5.41) is 9.58. The molecule has 3 heterocycles. The Morgan fingerprint density at radius 3 is 2.50 bits per heavy atom. The number of hydrogen-bond acceptors (Lipinski definition) is 4. The number of rotatable bonds is 3. The lowest BCUT2D eigenvalue weighted by Gasteiger charge is -2.18. The van der Waals surface area contributed by atoms with Crippen LogP contribution >= 0.6 is 0 Å². The Balaban J connectivity index is 1.66. The van der Waals surface area contributed by atoms with Gasteiger partial charge in [-0.1, -0.05) is 42.5 Å². The number of nitriles is 1. The molecule has 28 heavy (non-hydrogen) atoms. The lowest BCUT2D eigenvalue weighted by molar-refractivity contribution is 0.392. The Hall–Kier alpha value is -3.68. The molecule has 0 radical (unpaired) electrons. The molecule has 0 bridgehead atoms. The average molecular weight is 363 g/mol. The van der Waals surface area contributed by atoms with Gasteiger partial charge in [0, 0.05) is 23.7 Å². The number of fused-ring (bicyclic) bond motifs is 1. The van der Waals surface area contributed by atoms with E-state index in [9.17, 15) is 5.26 Å². The van der Waals surface area contributed by atoms with Crippen molar-refractivity contribution in [1.29, 1.82) is 5.26 Å². The molecular formula is C24H17N3O. The highest BCUT2D eigenvalue weighted by molar-refractivity contribution is 5.89. The van der Waals surface area contributed by atoms with Crippen molar-refractivity contribution < 1.29 is 4.74 Å². The maximum atomic E-state index is 9.58. The van der Waals surface area contributed by atoms with Gasteiger partial charge in [0.15, 0.2) is 6.23 Å². The average Bonchev–Trinajstić information content (AvgIpc) is 3.56. The van der Waals surface area contributed by atoms with Gasteiger partial charge in [0.2, 0.25) is 0 Å². The van der Waals surface area contributed by atoms with Crippen LogP contribution in [0.3, 0.4) is 0 Å². The van der Waals surface area contributed by atoms with Crippen molar-refractivity contribution in [2.24, 2.45) is 0 Å². The molecule has 4 nitrogen and oxygen atoms in total. The molecule has 1 aromatic heterocycles. The first-order chi connectivity index (χ1) is 13.8. The smallest absolute Gasteiger partial charge is 0.165 e. The maximum Gasteiger partial charge on any atom is 0.165 e. The van der Waals surface area contributed by atoms with Crippen LogP contribution in [0.1, 0.15) is 16.8 Å². The first-order valence-electron chi connectivity index (χ1n) is 9.18. The summed E-state index contributed by atoms with van der Waals surface area (Å²) in [6.45, 7) is 0. The van der Waals surface area contributed by atoms with Crippen LogP contribution in [-0.2, 0) is 4.74 Å². The molecule has 2 aromatic carbocycles. The van der Waals surface area contributed by atoms with E-state index in [1.165, 1.54) is 0 Å². The fraction of sp³-hybridized carbons (Fsp3) is 0.0833. The standard InChI is InChI=1S/C24H17N3O/c25-15-17-8-4-5-11-20(17)21-14-18(22-12-6-7-13-26-22)16-27(24-23(21)28-24)19-9-2-1-3-10-19/h1-14,16,23-24H. The largest absolute Gasteiger partial charge is 0.342 e. The van der Waals surface area contributed by atoms with Crippen molar-refractivity contribution in [3.8, 4) is 6.07 Å². The van der Waals surface area contributed by atoms with Gasteiger partial charge >= 0.3 is 0 Å². The van der Waals surface area contributed by atoms with E-state index in [0.29, 0.717) is 5.56 Å². The molecule has 0 saturated carbocycles. The molecule has 2 aliphatic rings. The van der Waals surface area contributed by atoms with Crippen LogP contribution in [0.4, 0.5) is 5.69 Å². The summed E-state index contributed by atoms with van der Waals surface area (Å²) in [7, 11) is 0. The third kappa shape index (κ3) is 2.88. The van der Waals surface area contributed by atoms with Gasteiger partial charge in [-0.2, -0.15) is 5.26 Å². The Kier molecular flexibility index (Phi) is 4.01. The summed E-state index contributed by atoms with van der Waals surface area (Å²) < 4.78 is 6.06. The van der Waals surface area contributed by atoms with Crippen LogP contribution in [0, 0.1) is 11.3 Å². The number of anilines is 1. The number of aromatic nitrogens is 1. The van der Waals surface area contributed by atoms with Crippen molar-refractivity contribution in [3.63, 3.8) is 0 Å². The first-order valence-corrected chi connectivity index (χ1v) is 9.18. The third-order valence-corrected chi connectivity index (χ3v) is 5.01. The summed E-state index contributed by atoms with van der Waals surface area (Å²) in [6.07, 6.45) is 5.80. The predicted molar refractivity (Wildman–Crippen MR) is 109 cm³/mol. The predicted octanol–water partition coefficient (Wildman–Crippen LogP) is 4.62. The summed E-state index contributed by atoms with van der Waals surface area (Å²) in [5.74, 6) is 0. The summed E-state index contributed by atoms with van der Waals surface area (Å²) >= 11 is 0. The van der Waals surface area contributed by atoms with E-state index in [1.807, 2.05) is 60.7 Å². The monoisotopic (exact) mass is 363 g/mol. The number of epoxide rings is 1. The van der Waals surface area contributed by atoms with E-state index in [1.54, 1.807) is 6.20 Å². The zero-order valence-corrected chi connectivity index (χ0v) is 15.1. The van der Waals surface area contributed by atoms with Gasteiger partial charge < -0.3 is 9.64 Å².